The Hall–Kier alpha value is -1.23. The minimum atomic E-state index is 0.0350. The highest BCUT2D eigenvalue weighted by molar-refractivity contribution is 7.09. The lowest BCUT2D eigenvalue weighted by Crippen LogP contribution is -2.18. The SMILES string of the molecule is COc1cc(Cl)cc(CC(C)N)c1OCCc1cccs1. The monoisotopic (exact) mass is 325 g/mol. The first-order valence-electron chi connectivity index (χ1n) is 6.87. The van der Waals surface area contributed by atoms with E-state index in [2.05, 4.69) is 11.4 Å². The van der Waals surface area contributed by atoms with E-state index in [1.807, 2.05) is 19.1 Å². The fourth-order valence-corrected chi connectivity index (χ4v) is 3.07. The third-order valence-electron chi connectivity index (χ3n) is 3.03. The van der Waals surface area contributed by atoms with Crippen LogP contribution in [0.3, 0.4) is 0 Å². The summed E-state index contributed by atoms with van der Waals surface area (Å²) < 4.78 is 11.3. The summed E-state index contributed by atoms with van der Waals surface area (Å²) in [6.07, 6.45) is 1.58. The summed E-state index contributed by atoms with van der Waals surface area (Å²) in [5.74, 6) is 1.40. The highest BCUT2D eigenvalue weighted by atomic mass is 35.5. The molecule has 0 aliphatic carbocycles. The van der Waals surface area contributed by atoms with Crippen molar-refractivity contribution in [3.05, 3.63) is 45.1 Å². The normalized spacial score (nSPS) is 12.2. The molecule has 1 aromatic heterocycles. The van der Waals surface area contributed by atoms with Crippen molar-refractivity contribution in [3.8, 4) is 11.5 Å². The number of hydrogen-bond donors (Lipinski definition) is 1. The van der Waals surface area contributed by atoms with Gasteiger partial charge in [0.25, 0.3) is 0 Å². The predicted molar refractivity (Wildman–Crippen MR) is 88.9 cm³/mol. The Morgan fingerprint density at radius 2 is 2.19 bits per heavy atom. The third-order valence-corrected chi connectivity index (χ3v) is 4.19. The van der Waals surface area contributed by atoms with Gasteiger partial charge in [-0.2, -0.15) is 0 Å². The van der Waals surface area contributed by atoms with Gasteiger partial charge in [-0.25, -0.2) is 0 Å². The van der Waals surface area contributed by atoms with Crippen molar-refractivity contribution < 1.29 is 9.47 Å². The highest BCUT2D eigenvalue weighted by Crippen LogP contribution is 2.35. The Balaban J connectivity index is 2.14. The summed E-state index contributed by atoms with van der Waals surface area (Å²) in [7, 11) is 1.62. The van der Waals surface area contributed by atoms with Gasteiger partial charge in [0.05, 0.1) is 13.7 Å². The van der Waals surface area contributed by atoms with Crippen LogP contribution in [-0.4, -0.2) is 19.8 Å². The average Bonchev–Trinajstić information content (AvgIpc) is 2.93. The van der Waals surface area contributed by atoms with E-state index in [1.165, 1.54) is 4.88 Å². The van der Waals surface area contributed by atoms with Gasteiger partial charge >= 0.3 is 0 Å². The Morgan fingerprint density at radius 3 is 2.81 bits per heavy atom. The standard InChI is InChI=1S/C16H20ClNO2S/c1-11(18)8-12-9-13(17)10-15(19-2)16(12)20-6-5-14-4-3-7-21-14/h3-4,7,9-11H,5-6,8,18H2,1-2H3. The molecule has 2 aromatic rings. The second-order valence-corrected chi connectivity index (χ2v) is 6.42. The van der Waals surface area contributed by atoms with Crippen LogP contribution in [0.1, 0.15) is 17.4 Å². The van der Waals surface area contributed by atoms with Crippen molar-refractivity contribution in [2.24, 2.45) is 5.73 Å². The van der Waals surface area contributed by atoms with Crippen molar-refractivity contribution in [2.45, 2.75) is 25.8 Å². The molecule has 1 heterocycles. The van der Waals surface area contributed by atoms with E-state index >= 15 is 0 Å². The number of halogens is 1. The van der Waals surface area contributed by atoms with Crippen LogP contribution in [0.25, 0.3) is 0 Å². The van der Waals surface area contributed by atoms with Crippen molar-refractivity contribution in [1.29, 1.82) is 0 Å². The van der Waals surface area contributed by atoms with E-state index in [4.69, 9.17) is 26.8 Å². The largest absolute Gasteiger partial charge is 0.493 e. The second kappa shape index (κ2) is 7.69. The molecule has 0 spiro atoms. The maximum atomic E-state index is 6.12. The number of methoxy groups -OCH3 is 1. The molecule has 1 aromatic carbocycles. The van der Waals surface area contributed by atoms with Gasteiger partial charge < -0.3 is 15.2 Å². The summed E-state index contributed by atoms with van der Waals surface area (Å²) in [5, 5.41) is 2.70. The van der Waals surface area contributed by atoms with Crippen molar-refractivity contribution >= 4 is 22.9 Å². The van der Waals surface area contributed by atoms with Gasteiger partial charge in [0.15, 0.2) is 11.5 Å². The Labute approximate surface area is 134 Å². The summed E-state index contributed by atoms with van der Waals surface area (Å²) in [5.41, 5.74) is 6.89. The molecule has 114 valence electrons. The van der Waals surface area contributed by atoms with Crippen LogP contribution in [0.4, 0.5) is 0 Å². The molecule has 0 saturated carbocycles. The van der Waals surface area contributed by atoms with Gasteiger partial charge in [-0.15, -0.1) is 11.3 Å². The van der Waals surface area contributed by atoms with E-state index in [1.54, 1.807) is 24.5 Å². The fraction of sp³-hybridized carbons (Fsp3) is 0.375. The van der Waals surface area contributed by atoms with Crippen LogP contribution in [-0.2, 0) is 12.8 Å². The topological polar surface area (TPSA) is 44.5 Å². The minimum Gasteiger partial charge on any atom is -0.493 e. The van der Waals surface area contributed by atoms with Crippen LogP contribution in [0.5, 0.6) is 11.5 Å². The molecule has 0 amide bonds. The van der Waals surface area contributed by atoms with Crippen molar-refractivity contribution in [2.75, 3.05) is 13.7 Å². The van der Waals surface area contributed by atoms with Crippen molar-refractivity contribution in [1.82, 2.24) is 0 Å². The number of hydrogen-bond acceptors (Lipinski definition) is 4. The average molecular weight is 326 g/mol. The molecule has 0 bridgehead atoms. The number of thiophene rings is 1. The number of ether oxygens (including phenoxy) is 2. The molecule has 1 atom stereocenters. The maximum absolute atomic E-state index is 6.12. The molecule has 5 heteroatoms. The van der Waals surface area contributed by atoms with Gasteiger partial charge in [-0.3, -0.25) is 0 Å². The molecule has 0 fully saturated rings. The lowest BCUT2D eigenvalue weighted by Gasteiger charge is -2.17. The number of rotatable bonds is 7. The summed E-state index contributed by atoms with van der Waals surface area (Å²) in [6.45, 7) is 2.56. The zero-order valence-electron chi connectivity index (χ0n) is 12.3. The predicted octanol–water partition coefficient (Wildman–Crippen LogP) is 3.92. The van der Waals surface area contributed by atoms with Gasteiger partial charge in [0.2, 0.25) is 0 Å². The highest BCUT2D eigenvalue weighted by Gasteiger charge is 2.14. The molecule has 2 N–H and O–H groups in total. The summed E-state index contributed by atoms with van der Waals surface area (Å²) >= 11 is 7.86. The van der Waals surface area contributed by atoms with Crippen LogP contribution >= 0.6 is 22.9 Å². The first-order valence-corrected chi connectivity index (χ1v) is 8.13. The number of nitrogens with two attached hydrogens (primary N) is 1. The van der Waals surface area contributed by atoms with Gasteiger partial charge in [0, 0.05) is 34.0 Å². The van der Waals surface area contributed by atoms with Gasteiger partial charge in [-0.05, 0) is 30.9 Å². The molecular formula is C16H20ClNO2S. The fourth-order valence-electron chi connectivity index (χ4n) is 2.15. The number of benzene rings is 1. The Morgan fingerprint density at radius 1 is 1.38 bits per heavy atom. The van der Waals surface area contributed by atoms with Gasteiger partial charge in [0.1, 0.15) is 0 Å². The third kappa shape index (κ3) is 4.63. The van der Waals surface area contributed by atoms with E-state index in [9.17, 15) is 0 Å². The lowest BCUT2D eigenvalue weighted by atomic mass is 10.1. The van der Waals surface area contributed by atoms with E-state index in [0.717, 1.165) is 17.7 Å². The molecule has 0 saturated heterocycles. The smallest absolute Gasteiger partial charge is 0.164 e. The van der Waals surface area contributed by atoms with Crippen LogP contribution in [0.15, 0.2) is 29.6 Å². The second-order valence-electron chi connectivity index (χ2n) is 4.96. The first kappa shape index (κ1) is 16.1. The van der Waals surface area contributed by atoms with E-state index < -0.39 is 0 Å². The van der Waals surface area contributed by atoms with E-state index in [0.29, 0.717) is 23.8 Å². The molecule has 2 rings (SSSR count). The summed E-state index contributed by atoms with van der Waals surface area (Å²) in [6, 6.07) is 7.86. The van der Waals surface area contributed by atoms with Crippen LogP contribution in [0, 0.1) is 0 Å². The molecule has 3 nitrogen and oxygen atoms in total. The molecule has 0 aliphatic rings. The lowest BCUT2D eigenvalue weighted by molar-refractivity contribution is 0.295. The quantitative estimate of drug-likeness (QED) is 0.839. The molecule has 21 heavy (non-hydrogen) atoms. The minimum absolute atomic E-state index is 0.0350. The molecular weight excluding hydrogens is 306 g/mol. The first-order chi connectivity index (χ1) is 10.1. The Bertz CT molecular complexity index is 570. The maximum Gasteiger partial charge on any atom is 0.164 e. The molecule has 0 aliphatic heterocycles. The molecule has 1 unspecified atom stereocenters. The van der Waals surface area contributed by atoms with Gasteiger partial charge in [-0.1, -0.05) is 17.7 Å². The van der Waals surface area contributed by atoms with E-state index in [-0.39, 0.29) is 6.04 Å². The zero-order chi connectivity index (χ0) is 15.2. The van der Waals surface area contributed by atoms with Crippen LogP contribution < -0.4 is 15.2 Å². The van der Waals surface area contributed by atoms with Crippen molar-refractivity contribution in [3.63, 3.8) is 0 Å². The summed E-state index contributed by atoms with van der Waals surface area (Å²) in [4.78, 5) is 1.30. The zero-order valence-corrected chi connectivity index (χ0v) is 13.8. The van der Waals surface area contributed by atoms with Crippen LogP contribution in [0.2, 0.25) is 5.02 Å². The Kier molecular flexibility index (Phi) is 5.91. The molecule has 0 radical (unpaired) electrons.